The number of thiophene rings is 4. The predicted molar refractivity (Wildman–Crippen MR) is 273 cm³/mol. The summed E-state index contributed by atoms with van der Waals surface area (Å²) >= 11 is 6.24. The van der Waals surface area contributed by atoms with Gasteiger partial charge in [-0.3, -0.25) is 4.79 Å². The lowest BCUT2D eigenvalue weighted by molar-refractivity contribution is -0.133. The maximum atomic E-state index is 11.3. The molecule has 0 aliphatic rings. The number of rotatable bonds is 14. The van der Waals surface area contributed by atoms with E-state index in [2.05, 4.69) is 136 Å². The molecule has 0 amide bonds. The first-order chi connectivity index (χ1) is 32.2. The second-order valence-corrected chi connectivity index (χ2v) is 19.0. The molecule has 0 aliphatic heterocycles. The third-order valence-electron chi connectivity index (χ3n) is 10.4. The molecule has 0 radical (unpaired) electrons. The summed E-state index contributed by atoms with van der Waals surface area (Å²) < 4.78 is 0. The number of aliphatic carboxylic acids is 2. The van der Waals surface area contributed by atoms with Gasteiger partial charge in [-0.2, -0.15) is 5.26 Å². The second-order valence-electron chi connectivity index (χ2n) is 14.6. The van der Waals surface area contributed by atoms with Crippen molar-refractivity contribution in [1.29, 1.82) is 5.26 Å². The largest absolute Gasteiger partial charge is 0.486 e. The third-order valence-corrected chi connectivity index (χ3v) is 15.1. The minimum Gasteiger partial charge on any atom is -0.486 e. The molecule has 0 atom stereocenters. The standard InChI is InChI=1S/C54H34N4O4S4/c1-56-46(54(61)62)33-45-25-27-50(64-45)52-31-29-48(66-52)36-14-18-41(19-15-36)58(39-10-6-3-7-11-39)43-22-20-42(21-23-43)57(38-8-4-2-5-9-38)40-16-12-35(13-17-40)47-28-30-51(65-47)49-26-24-44(63-49)32-37(34-55)53(59)60/h2-33H,(H,59,60)(H,61,62)/b37-32+,46-33-. The van der Waals surface area contributed by atoms with Crippen molar-refractivity contribution in [3.05, 3.63) is 214 Å². The van der Waals surface area contributed by atoms with Crippen LogP contribution in [0.3, 0.4) is 0 Å². The number of anilines is 6. The van der Waals surface area contributed by atoms with Gasteiger partial charge >= 0.3 is 11.9 Å². The lowest BCUT2D eigenvalue weighted by Gasteiger charge is -2.28. The van der Waals surface area contributed by atoms with Crippen LogP contribution < -0.4 is 9.80 Å². The summed E-state index contributed by atoms with van der Waals surface area (Å²) in [5, 5.41) is 27.7. The minimum atomic E-state index is -1.24. The van der Waals surface area contributed by atoms with Crippen molar-refractivity contribution in [2.45, 2.75) is 0 Å². The van der Waals surface area contributed by atoms with Crippen molar-refractivity contribution < 1.29 is 19.8 Å². The Labute approximate surface area is 396 Å². The van der Waals surface area contributed by atoms with Crippen molar-refractivity contribution in [2.75, 3.05) is 9.80 Å². The van der Waals surface area contributed by atoms with Gasteiger partial charge in [0.15, 0.2) is 0 Å². The first-order valence-corrected chi connectivity index (χ1v) is 23.6. The molecule has 0 bridgehead atoms. The van der Waals surface area contributed by atoms with E-state index in [1.165, 1.54) is 34.8 Å². The van der Waals surface area contributed by atoms with E-state index in [1.54, 1.807) is 28.7 Å². The van der Waals surface area contributed by atoms with Crippen LogP contribution in [0.2, 0.25) is 0 Å². The molecule has 0 saturated heterocycles. The topological polar surface area (TPSA) is 109 Å². The fourth-order valence-electron chi connectivity index (χ4n) is 7.29. The van der Waals surface area contributed by atoms with E-state index in [4.69, 9.17) is 6.57 Å². The third kappa shape index (κ3) is 9.40. The summed E-state index contributed by atoms with van der Waals surface area (Å²) in [6.07, 6.45) is 2.82. The van der Waals surface area contributed by atoms with E-state index in [-0.39, 0.29) is 11.3 Å². The smallest absolute Gasteiger partial charge is 0.346 e. The molecule has 0 aliphatic carbocycles. The molecule has 0 unspecified atom stereocenters. The summed E-state index contributed by atoms with van der Waals surface area (Å²) in [5.41, 5.74) is 7.63. The summed E-state index contributed by atoms with van der Waals surface area (Å²) in [7, 11) is 0. The van der Waals surface area contributed by atoms with Crippen molar-refractivity contribution in [3.8, 4) is 46.5 Å². The number of benzene rings is 5. The highest BCUT2D eigenvalue weighted by atomic mass is 32.1. The van der Waals surface area contributed by atoms with E-state index in [0.717, 1.165) is 79.4 Å². The number of nitrogens with zero attached hydrogens (tertiary/aromatic N) is 4. The molecule has 9 aromatic rings. The van der Waals surface area contributed by atoms with Crippen LogP contribution in [-0.2, 0) is 9.59 Å². The first-order valence-electron chi connectivity index (χ1n) is 20.3. The Morgan fingerprint density at radius 2 is 0.803 bits per heavy atom. The van der Waals surface area contributed by atoms with Crippen LogP contribution in [0.1, 0.15) is 9.75 Å². The Kier molecular flexibility index (Phi) is 12.6. The van der Waals surface area contributed by atoms with E-state index >= 15 is 0 Å². The Morgan fingerprint density at radius 3 is 1.18 bits per heavy atom. The van der Waals surface area contributed by atoms with Crippen LogP contribution >= 0.6 is 45.3 Å². The molecule has 9 rings (SSSR count). The van der Waals surface area contributed by atoms with Crippen LogP contribution in [0.25, 0.3) is 57.4 Å². The first kappa shape index (κ1) is 43.2. The van der Waals surface area contributed by atoms with Crippen molar-refractivity contribution in [2.24, 2.45) is 0 Å². The Hall–Kier alpha value is -8.10. The highest BCUT2D eigenvalue weighted by Crippen LogP contribution is 2.43. The van der Waals surface area contributed by atoms with E-state index in [1.807, 2.05) is 60.7 Å². The Morgan fingerprint density at radius 1 is 0.455 bits per heavy atom. The van der Waals surface area contributed by atoms with Gasteiger partial charge < -0.3 is 20.0 Å². The molecule has 0 fully saturated rings. The number of carboxylic acid groups (broad SMARTS) is 2. The zero-order chi connectivity index (χ0) is 45.6. The van der Waals surface area contributed by atoms with Gasteiger partial charge in [0.2, 0.25) is 0 Å². The molecule has 5 aromatic carbocycles. The fourth-order valence-corrected chi connectivity index (χ4v) is 11.4. The van der Waals surface area contributed by atoms with Crippen LogP contribution in [-0.4, -0.2) is 22.2 Å². The maximum Gasteiger partial charge on any atom is 0.346 e. The maximum absolute atomic E-state index is 11.3. The van der Waals surface area contributed by atoms with Crippen molar-refractivity contribution in [1.82, 2.24) is 0 Å². The molecular weight excluding hydrogens is 897 g/mol. The average Bonchev–Trinajstić information content (AvgIpc) is 4.20. The Balaban J connectivity index is 0.963. The number of para-hydroxylation sites is 2. The number of hydrogen-bond acceptors (Lipinski definition) is 9. The molecular formula is C54H34N4O4S4. The van der Waals surface area contributed by atoms with Gasteiger partial charge in [-0.05, 0) is 145 Å². The van der Waals surface area contributed by atoms with Gasteiger partial charge in [-0.15, -0.1) is 45.3 Å². The number of carbonyl (C=O) groups is 2. The molecule has 318 valence electrons. The zero-order valence-electron chi connectivity index (χ0n) is 34.6. The van der Waals surface area contributed by atoms with E-state index in [0.29, 0.717) is 4.88 Å². The van der Waals surface area contributed by atoms with Gasteiger partial charge in [-0.1, -0.05) is 60.7 Å². The average molecular weight is 931 g/mol. The van der Waals surface area contributed by atoms with Crippen LogP contribution in [0.4, 0.5) is 34.1 Å². The fraction of sp³-hybridized carbons (Fsp3) is 0. The van der Waals surface area contributed by atoms with E-state index < -0.39 is 11.9 Å². The van der Waals surface area contributed by atoms with Crippen LogP contribution in [0.5, 0.6) is 0 Å². The van der Waals surface area contributed by atoms with Gasteiger partial charge in [-0.25, -0.2) is 9.64 Å². The summed E-state index contributed by atoms with van der Waals surface area (Å²) in [6.45, 7) is 7.16. The summed E-state index contributed by atoms with van der Waals surface area (Å²) in [4.78, 5) is 38.1. The second kappa shape index (κ2) is 19.3. The number of nitriles is 1. The highest BCUT2D eigenvalue weighted by Gasteiger charge is 2.18. The van der Waals surface area contributed by atoms with E-state index in [9.17, 15) is 25.1 Å². The molecule has 4 heterocycles. The molecule has 12 heteroatoms. The molecule has 8 nitrogen and oxygen atoms in total. The SMILES string of the molecule is [C-]#[N+]/C(=C\c1ccc(-c2ccc(-c3ccc(N(c4ccccc4)c4ccc(N(c5ccccc5)c5ccc(-c6ccc(-c7ccc(/C=C(\C#N)C(=O)O)s7)s6)cc5)cc4)cc3)s2)s1)C(=O)O. The Bertz CT molecular complexity index is 3110. The van der Waals surface area contributed by atoms with Gasteiger partial charge in [0.25, 0.3) is 5.70 Å². The monoisotopic (exact) mass is 930 g/mol. The lowest BCUT2D eigenvalue weighted by atomic mass is 10.1. The molecule has 4 aromatic heterocycles. The summed E-state index contributed by atoms with van der Waals surface area (Å²) in [6, 6.07) is 64.0. The van der Waals surface area contributed by atoms with Crippen LogP contribution in [0, 0.1) is 17.9 Å². The quantitative estimate of drug-likeness (QED) is 0.0635. The predicted octanol–water partition coefficient (Wildman–Crippen LogP) is 15.9. The normalized spacial score (nSPS) is 11.4. The lowest BCUT2D eigenvalue weighted by Crippen LogP contribution is -2.12. The van der Waals surface area contributed by atoms with Crippen molar-refractivity contribution >= 4 is 104 Å². The highest BCUT2D eigenvalue weighted by molar-refractivity contribution is 7.24. The molecule has 2 N–H and O–H groups in total. The summed E-state index contributed by atoms with van der Waals surface area (Å²) in [5.74, 6) is -2.47. The molecule has 0 saturated carbocycles. The van der Waals surface area contributed by atoms with Crippen LogP contribution in [0.15, 0.2) is 193 Å². The number of carboxylic acids is 2. The molecule has 0 spiro atoms. The number of hydrogen-bond donors (Lipinski definition) is 2. The molecule has 66 heavy (non-hydrogen) atoms. The van der Waals surface area contributed by atoms with Crippen molar-refractivity contribution in [3.63, 3.8) is 0 Å². The zero-order valence-corrected chi connectivity index (χ0v) is 37.9. The van der Waals surface area contributed by atoms with Gasteiger partial charge in [0.05, 0.1) is 6.57 Å². The van der Waals surface area contributed by atoms with Gasteiger partial charge in [0.1, 0.15) is 11.6 Å². The van der Waals surface area contributed by atoms with Gasteiger partial charge in [0, 0.05) is 73.1 Å². The minimum absolute atomic E-state index is 0.292.